The Labute approximate surface area is 145 Å². The average Bonchev–Trinajstić information content (AvgIpc) is 2.61. The molecule has 0 spiro atoms. The minimum Gasteiger partial charge on any atom is -0.374 e. The molecule has 0 unspecified atom stereocenters. The summed E-state index contributed by atoms with van der Waals surface area (Å²) in [6.45, 7) is 0.812. The summed E-state index contributed by atoms with van der Waals surface area (Å²) in [5.41, 5.74) is 2.88. The maximum absolute atomic E-state index is 12.0. The van der Waals surface area contributed by atoms with Crippen molar-refractivity contribution in [2.24, 2.45) is 0 Å². The van der Waals surface area contributed by atoms with Crippen molar-refractivity contribution in [1.29, 1.82) is 0 Å². The molecule has 122 valence electrons. The van der Waals surface area contributed by atoms with Gasteiger partial charge in [0.15, 0.2) is 0 Å². The lowest BCUT2D eigenvalue weighted by Gasteiger charge is -2.09. The number of halogens is 1. The van der Waals surface area contributed by atoms with Gasteiger partial charge in [0.1, 0.15) is 0 Å². The number of hydrogen-bond acceptors (Lipinski definition) is 3. The van der Waals surface area contributed by atoms with E-state index in [0.717, 1.165) is 33.6 Å². The Balaban J connectivity index is 1.49. The standard InChI is InChI=1S/C19H18ClN3O/c20-16-8-6-14(7-9-16)10-12-21-18(24)13-23-17-5-1-3-15-4-2-11-22-19(15)17/h1-9,11,23H,10,12-13H2,(H,21,24). The molecule has 0 fully saturated rings. The zero-order valence-corrected chi connectivity index (χ0v) is 13.9. The number of para-hydroxylation sites is 1. The van der Waals surface area contributed by atoms with E-state index < -0.39 is 0 Å². The molecule has 0 aliphatic rings. The number of rotatable bonds is 6. The van der Waals surface area contributed by atoms with E-state index in [0.29, 0.717) is 6.54 Å². The predicted octanol–water partition coefficient (Wildman–Crippen LogP) is 3.66. The molecule has 0 aliphatic heterocycles. The van der Waals surface area contributed by atoms with Crippen LogP contribution in [0.15, 0.2) is 60.8 Å². The second-order valence-corrected chi connectivity index (χ2v) is 5.90. The molecule has 0 atom stereocenters. The van der Waals surface area contributed by atoms with E-state index >= 15 is 0 Å². The number of hydrogen-bond donors (Lipinski definition) is 2. The number of pyridine rings is 1. The lowest BCUT2D eigenvalue weighted by molar-refractivity contribution is -0.119. The maximum atomic E-state index is 12.0. The van der Waals surface area contributed by atoms with Crippen LogP contribution in [-0.2, 0) is 11.2 Å². The van der Waals surface area contributed by atoms with Crippen LogP contribution in [0.1, 0.15) is 5.56 Å². The fourth-order valence-electron chi connectivity index (χ4n) is 2.48. The van der Waals surface area contributed by atoms with E-state index in [1.54, 1.807) is 6.20 Å². The lowest BCUT2D eigenvalue weighted by Crippen LogP contribution is -2.31. The first-order valence-corrected chi connectivity index (χ1v) is 8.19. The van der Waals surface area contributed by atoms with E-state index in [4.69, 9.17) is 11.6 Å². The molecule has 0 saturated heterocycles. The Hall–Kier alpha value is -2.59. The van der Waals surface area contributed by atoms with Gasteiger partial charge in [-0.25, -0.2) is 0 Å². The quantitative estimate of drug-likeness (QED) is 0.720. The first-order valence-electron chi connectivity index (χ1n) is 7.81. The largest absolute Gasteiger partial charge is 0.374 e. The molecule has 24 heavy (non-hydrogen) atoms. The van der Waals surface area contributed by atoms with Gasteiger partial charge >= 0.3 is 0 Å². The normalized spacial score (nSPS) is 10.5. The minimum absolute atomic E-state index is 0.0445. The summed E-state index contributed by atoms with van der Waals surface area (Å²) in [5.74, 6) is -0.0445. The SMILES string of the molecule is O=C(CNc1cccc2cccnc12)NCCc1ccc(Cl)cc1. The Bertz CT molecular complexity index is 828. The number of aromatic nitrogens is 1. The van der Waals surface area contributed by atoms with Crippen molar-refractivity contribution in [3.8, 4) is 0 Å². The molecule has 0 aliphatic carbocycles. The average molecular weight is 340 g/mol. The molecular formula is C19H18ClN3O. The molecule has 2 N–H and O–H groups in total. The van der Waals surface area contributed by atoms with Crippen LogP contribution < -0.4 is 10.6 Å². The Morgan fingerprint density at radius 1 is 1.04 bits per heavy atom. The van der Waals surface area contributed by atoms with Crippen molar-refractivity contribution in [2.45, 2.75) is 6.42 Å². The van der Waals surface area contributed by atoms with Gasteiger partial charge in [0.2, 0.25) is 5.91 Å². The maximum Gasteiger partial charge on any atom is 0.239 e. The first kappa shape index (κ1) is 16.3. The lowest BCUT2D eigenvalue weighted by atomic mass is 10.1. The smallest absolute Gasteiger partial charge is 0.239 e. The number of benzene rings is 2. The van der Waals surface area contributed by atoms with E-state index in [-0.39, 0.29) is 12.5 Å². The van der Waals surface area contributed by atoms with Crippen molar-refractivity contribution in [3.63, 3.8) is 0 Å². The number of nitrogens with zero attached hydrogens (tertiary/aromatic N) is 1. The van der Waals surface area contributed by atoms with Crippen molar-refractivity contribution in [2.75, 3.05) is 18.4 Å². The van der Waals surface area contributed by atoms with Gasteiger partial charge in [-0.2, -0.15) is 0 Å². The van der Waals surface area contributed by atoms with Crippen LogP contribution in [0.2, 0.25) is 5.02 Å². The van der Waals surface area contributed by atoms with Crippen LogP contribution in [0.5, 0.6) is 0 Å². The van der Waals surface area contributed by atoms with Crippen molar-refractivity contribution >= 4 is 34.1 Å². The van der Waals surface area contributed by atoms with Gasteiger partial charge in [-0.05, 0) is 36.2 Å². The Morgan fingerprint density at radius 2 is 1.83 bits per heavy atom. The highest BCUT2D eigenvalue weighted by Gasteiger charge is 2.04. The van der Waals surface area contributed by atoms with Crippen LogP contribution in [0.25, 0.3) is 10.9 Å². The van der Waals surface area contributed by atoms with E-state index in [9.17, 15) is 4.79 Å². The van der Waals surface area contributed by atoms with Gasteiger partial charge in [0.05, 0.1) is 17.7 Å². The third-order valence-corrected chi connectivity index (χ3v) is 3.97. The molecule has 3 rings (SSSR count). The first-order chi connectivity index (χ1) is 11.7. The fraction of sp³-hybridized carbons (Fsp3) is 0.158. The minimum atomic E-state index is -0.0445. The van der Waals surface area contributed by atoms with E-state index in [1.807, 2.05) is 54.6 Å². The molecule has 3 aromatic rings. The van der Waals surface area contributed by atoms with Gasteiger partial charge in [-0.1, -0.05) is 41.9 Å². The molecule has 4 nitrogen and oxygen atoms in total. The number of amides is 1. The number of fused-ring (bicyclic) bond motifs is 1. The molecule has 2 aromatic carbocycles. The highest BCUT2D eigenvalue weighted by molar-refractivity contribution is 6.30. The summed E-state index contributed by atoms with van der Waals surface area (Å²) in [6.07, 6.45) is 2.53. The third kappa shape index (κ3) is 4.24. The van der Waals surface area contributed by atoms with E-state index in [2.05, 4.69) is 15.6 Å². The van der Waals surface area contributed by atoms with Crippen molar-refractivity contribution < 1.29 is 4.79 Å². The van der Waals surface area contributed by atoms with Crippen LogP contribution in [0, 0.1) is 0 Å². The van der Waals surface area contributed by atoms with Crippen molar-refractivity contribution in [3.05, 3.63) is 71.4 Å². The summed E-state index contributed by atoms with van der Waals surface area (Å²) in [6, 6.07) is 17.4. The second-order valence-electron chi connectivity index (χ2n) is 5.46. The number of carbonyl (C=O) groups excluding carboxylic acids is 1. The predicted molar refractivity (Wildman–Crippen MR) is 98.4 cm³/mol. The number of carbonyl (C=O) groups is 1. The Morgan fingerprint density at radius 3 is 2.67 bits per heavy atom. The zero-order valence-electron chi connectivity index (χ0n) is 13.1. The number of anilines is 1. The van der Waals surface area contributed by atoms with Crippen LogP contribution in [-0.4, -0.2) is 24.0 Å². The van der Waals surface area contributed by atoms with Crippen LogP contribution in [0.4, 0.5) is 5.69 Å². The summed E-state index contributed by atoms with van der Waals surface area (Å²) >= 11 is 5.85. The topological polar surface area (TPSA) is 54.0 Å². The van der Waals surface area contributed by atoms with Gasteiger partial charge in [0, 0.05) is 23.2 Å². The third-order valence-electron chi connectivity index (χ3n) is 3.72. The van der Waals surface area contributed by atoms with Gasteiger partial charge in [-0.3, -0.25) is 9.78 Å². The highest BCUT2D eigenvalue weighted by atomic mass is 35.5. The molecule has 1 heterocycles. The van der Waals surface area contributed by atoms with Crippen molar-refractivity contribution in [1.82, 2.24) is 10.3 Å². The molecule has 0 saturated carbocycles. The molecule has 0 radical (unpaired) electrons. The van der Waals surface area contributed by atoms with Gasteiger partial charge in [0.25, 0.3) is 0 Å². The summed E-state index contributed by atoms with van der Waals surface area (Å²) < 4.78 is 0. The summed E-state index contributed by atoms with van der Waals surface area (Å²) in [5, 5.41) is 7.83. The number of nitrogens with one attached hydrogen (secondary N) is 2. The summed E-state index contributed by atoms with van der Waals surface area (Å²) in [4.78, 5) is 16.3. The second kappa shape index (κ2) is 7.79. The Kier molecular flexibility index (Phi) is 5.29. The van der Waals surface area contributed by atoms with E-state index in [1.165, 1.54) is 0 Å². The molecular weight excluding hydrogens is 322 g/mol. The molecule has 1 aromatic heterocycles. The summed E-state index contributed by atoms with van der Waals surface area (Å²) in [7, 11) is 0. The van der Waals surface area contributed by atoms with Crippen LogP contribution in [0.3, 0.4) is 0 Å². The van der Waals surface area contributed by atoms with Gasteiger partial charge in [-0.15, -0.1) is 0 Å². The molecule has 1 amide bonds. The van der Waals surface area contributed by atoms with Crippen LogP contribution >= 0.6 is 11.6 Å². The highest BCUT2D eigenvalue weighted by Crippen LogP contribution is 2.20. The van der Waals surface area contributed by atoms with Gasteiger partial charge < -0.3 is 10.6 Å². The monoisotopic (exact) mass is 339 g/mol. The zero-order chi connectivity index (χ0) is 16.8. The molecule has 0 bridgehead atoms. The molecule has 5 heteroatoms. The fourth-order valence-corrected chi connectivity index (χ4v) is 2.61.